The molecule has 0 radical (unpaired) electrons. The maximum atomic E-state index is 12.8. The Morgan fingerprint density at radius 3 is 1.83 bits per heavy atom. The van der Waals surface area contributed by atoms with Crippen molar-refractivity contribution < 1.29 is 16.8 Å². The first-order valence-corrected chi connectivity index (χ1v) is 12.0. The van der Waals surface area contributed by atoms with Crippen LogP contribution in [-0.4, -0.2) is 16.8 Å². The summed E-state index contributed by atoms with van der Waals surface area (Å²) in [5.74, 6) is -0.382. The van der Waals surface area contributed by atoms with Crippen molar-refractivity contribution in [3.8, 4) is 0 Å². The van der Waals surface area contributed by atoms with Crippen molar-refractivity contribution in [1.29, 1.82) is 0 Å². The fraction of sp³-hybridized carbons (Fsp3) is 0.143. The van der Waals surface area contributed by atoms with Crippen molar-refractivity contribution in [1.82, 2.24) is 0 Å². The summed E-state index contributed by atoms with van der Waals surface area (Å²) in [5.41, 5.74) is 8.50. The SMILES string of the molecule is Cc1ccc(S(=O)(=O)Cc2cc(N)ccc2NS(=O)(=O)c2ccc(C)cc2)cc1. The third-order valence-corrected chi connectivity index (χ3v) is 7.49. The lowest BCUT2D eigenvalue weighted by Crippen LogP contribution is -2.16. The van der Waals surface area contributed by atoms with Crippen molar-refractivity contribution in [3.63, 3.8) is 0 Å². The van der Waals surface area contributed by atoms with E-state index in [4.69, 9.17) is 5.73 Å². The summed E-state index contributed by atoms with van der Waals surface area (Å²) in [7, 11) is -7.56. The molecule has 152 valence electrons. The van der Waals surface area contributed by atoms with Gasteiger partial charge in [-0.15, -0.1) is 0 Å². The Balaban J connectivity index is 1.96. The Morgan fingerprint density at radius 1 is 0.759 bits per heavy atom. The number of anilines is 2. The topological polar surface area (TPSA) is 106 Å². The van der Waals surface area contributed by atoms with Crippen molar-refractivity contribution >= 4 is 31.2 Å². The summed E-state index contributed by atoms with van der Waals surface area (Å²) in [4.78, 5) is 0.255. The van der Waals surface area contributed by atoms with Gasteiger partial charge in [0.1, 0.15) is 0 Å². The summed E-state index contributed by atoms with van der Waals surface area (Å²) in [5, 5.41) is 0. The predicted octanol–water partition coefficient (Wildman–Crippen LogP) is 3.66. The number of rotatable bonds is 6. The van der Waals surface area contributed by atoms with Gasteiger partial charge in [0.15, 0.2) is 9.84 Å². The smallest absolute Gasteiger partial charge is 0.261 e. The van der Waals surface area contributed by atoms with Crippen LogP contribution in [-0.2, 0) is 25.6 Å². The van der Waals surface area contributed by atoms with E-state index < -0.39 is 19.9 Å². The van der Waals surface area contributed by atoms with Gasteiger partial charge < -0.3 is 5.73 Å². The molecule has 0 aliphatic heterocycles. The Bertz CT molecular complexity index is 1230. The molecule has 0 spiro atoms. The van der Waals surface area contributed by atoms with Crippen LogP contribution in [0.5, 0.6) is 0 Å². The molecule has 0 atom stereocenters. The van der Waals surface area contributed by atoms with E-state index in [9.17, 15) is 16.8 Å². The molecule has 0 aromatic heterocycles. The number of sulfonamides is 1. The molecule has 0 saturated carbocycles. The number of benzene rings is 3. The molecule has 0 saturated heterocycles. The molecule has 0 unspecified atom stereocenters. The van der Waals surface area contributed by atoms with Gasteiger partial charge in [-0.25, -0.2) is 16.8 Å². The van der Waals surface area contributed by atoms with E-state index in [1.54, 1.807) is 24.3 Å². The minimum atomic E-state index is -3.88. The second kappa shape index (κ2) is 7.88. The Hall–Kier alpha value is -2.84. The molecule has 0 aliphatic carbocycles. The summed E-state index contributed by atoms with van der Waals surface area (Å²) in [6, 6.07) is 17.4. The molecule has 6 nitrogen and oxygen atoms in total. The van der Waals surface area contributed by atoms with Crippen LogP contribution in [0.4, 0.5) is 11.4 Å². The van der Waals surface area contributed by atoms with Crippen molar-refractivity contribution in [3.05, 3.63) is 83.4 Å². The van der Waals surface area contributed by atoms with Crippen LogP contribution >= 0.6 is 0 Å². The first-order chi connectivity index (χ1) is 13.6. The Kier molecular flexibility index (Phi) is 5.68. The van der Waals surface area contributed by atoms with Gasteiger partial charge in [0.05, 0.1) is 21.2 Å². The van der Waals surface area contributed by atoms with Gasteiger partial charge >= 0.3 is 0 Å². The highest BCUT2D eigenvalue weighted by Gasteiger charge is 2.21. The number of nitrogen functional groups attached to an aromatic ring is 1. The normalized spacial score (nSPS) is 11.9. The lowest BCUT2D eigenvalue weighted by atomic mass is 10.2. The molecule has 8 heteroatoms. The van der Waals surface area contributed by atoms with E-state index in [1.807, 2.05) is 13.8 Å². The van der Waals surface area contributed by atoms with Crippen molar-refractivity contribution in [2.24, 2.45) is 0 Å². The fourth-order valence-electron chi connectivity index (χ4n) is 2.79. The monoisotopic (exact) mass is 430 g/mol. The van der Waals surface area contributed by atoms with E-state index in [0.717, 1.165) is 11.1 Å². The van der Waals surface area contributed by atoms with E-state index in [-0.39, 0.29) is 26.8 Å². The summed E-state index contributed by atoms with van der Waals surface area (Å²) in [6.07, 6.45) is 0. The highest BCUT2D eigenvalue weighted by Crippen LogP contribution is 2.27. The quantitative estimate of drug-likeness (QED) is 0.581. The molecule has 29 heavy (non-hydrogen) atoms. The van der Waals surface area contributed by atoms with E-state index in [2.05, 4.69) is 4.72 Å². The van der Waals surface area contributed by atoms with E-state index in [1.165, 1.54) is 42.5 Å². The second-order valence-corrected chi connectivity index (χ2v) is 10.6. The van der Waals surface area contributed by atoms with Gasteiger partial charge in [-0.1, -0.05) is 35.4 Å². The number of hydrogen-bond donors (Lipinski definition) is 2. The Labute approximate surface area is 171 Å². The fourth-order valence-corrected chi connectivity index (χ4v) is 5.25. The van der Waals surface area contributed by atoms with Gasteiger partial charge in [0.2, 0.25) is 0 Å². The van der Waals surface area contributed by atoms with Gasteiger partial charge in [-0.05, 0) is 61.9 Å². The van der Waals surface area contributed by atoms with Gasteiger partial charge in [0.25, 0.3) is 10.0 Å². The number of aryl methyl sites for hydroxylation is 2. The zero-order chi connectivity index (χ0) is 21.2. The van der Waals surface area contributed by atoms with Crippen LogP contribution in [0.25, 0.3) is 0 Å². The molecular weight excluding hydrogens is 408 g/mol. The number of hydrogen-bond acceptors (Lipinski definition) is 5. The van der Waals surface area contributed by atoms with Gasteiger partial charge in [-0.3, -0.25) is 4.72 Å². The van der Waals surface area contributed by atoms with Gasteiger partial charge in [0, 0.05) is 5.69 Å². The zero-order valence-electron chi connectivity index (χ0n) is 16.1. The standard InChI is InChI=1S/C21H22N2O4S2/c1-15-3-8-19(9-4-15)28(24,25)14-17-13-18(22)7-12-21(17)23-29(26,27)20-10-5-16(2)6-11-20/h3-13,23H,14,22H2,1-2H3. The van der Waals surface area contributed by atoms with Crippen LogP contribution in [0.2, 0.25) is 0 Å². The number of nitrogens with two attached hydrogens (primary N) is 1. The Morgan fingerprint density at radius 2 is 1.28 bits per heavy atom. The molecular formula is C21H22N2O4S2. The zero-order valence-corrected chi connectivity index (χ0v) is 17.7. The first kappa shape index (κ1) is 20.9. The molecule has 0 aliphatic rings. The van der Waals surface area contributed by atoms with Crippen LogP contribution in [0.15, 0.2) is 76.5 Å². The molecule has 3 N–H and O–H groups in total. The van der Waals surface area contributed by atoms with Crippen LogP contribution in [0.1, 0.15) is 16.7 Å². The second-order valence-electron chi connectivity index (χ2n) is 6.91. The van der Waals surface area contributed by atoms with E-state index in [0.29, 0.717) is 5.69 Å². The summed E-state index contributed by atoms with van der Waals surface area (Å²) in [6.45, 7) is 3.73. The molecule has 0 bridgehead atoms. The minimum absolute atomic E-state index is 0.0901. The molecule has 0 amide bonds. The average Bonchev–Trinajstić information content (AvgIpc) is 2.64. The highest BCUT2D eigenvalue weighted by molar-refractivity contribution is 7.92. The summed E-state index contributed by atoms with van der Waals surface area (Å²) < 4.78 is 53.6. The predicted molar refractivity (Wildman–Crippen MR) is 115 cm³/mol. The van der Waals surface area contributed by atoms with Crippen molar-refractivity contribution in [2.45, 2.75) is 29.4 Å². The average molecular weight is 431 g/mol. The third-order valence-electron chi connectivity index (χ3n) is 4.43. The molecule has 0 heterocycles. The lowest BCUT2D eigenvalue weighted by molar-refractivity contribution is 0.594. The third kappa shape index (κ3) is 4.96. The van der Waals surface area contributed by atoms with Crippen LogP contribution in [0, 0.1) is 13.8 Å². The van der Waals surface area contributed by atoms with E-state index >= 15 is 0 Å². The lowest BCUT2D eigenvalue weighted by Gasteiger charge is -2.14. The molecule has 0 fully saturated rings. The van der Waals surface area contributed by atoms with Crippen LogP contribution < -0.4 is 10.5 Å². The molecule has 3 aromatic rings. The summed E-state index contributed by atoms with van der Waals surface area (Å²) >= 11 is 0. The number of nitrogens with one attached hydrogen (secondary N) is 1. The van der Waals surface area contributed by atoms with Gasteiger partial charge in [-0.2, -0.15) is 0 Å². The first-order valence-electron chi connectivity index (χ1n) is 8.84. The van der Waals surface area contributed by atoms with Crippen LogP contribution in [0.3, 0.4) is 0 Å². The molecule has 3 aromatic carbocycles. The highest BCUT2D eigenvalue weighted by atomic mass is 32.2. The maximum absolute atomic E-state index is 12.8. The number of sulfone groups is 1. The minimum Gasteiger partial charge on any atom is -0.399 e. The largest absolute Gasteiger partial charge is 0.399 e. The van der Waals surface area contributed by atoms with Crippen molar-refractivity contribution in [2.75, 3.05) is 10.5 Å². The molecule has 3 rings (SSSR count). The maximum Gasteiger partial charge on any atom is 0.261 e.